The number of nitrogens with zero attached hydrogens (tertiary/aromatic N) is 4. The number of fused-ring (bicyclic) bond motifs is 3. The van der Waals surface area contributed by atoms with E-state index in [2.05, 4.69) is 30.9 Å². The highest BCUT2D eigenvalue weighted by atomic mass is 32.2. The van der Waals surface area contributed by atoms with Gasteiger partial charge in [-0.15, -0.1) is 6.42 Å². The molecule has 8 nitrogen and oxygen atoms in total. The van der Waals surface area contributed by atoms with Crippen molar-refractivity contribution in [3.63, 3.8) is 0 Å². The molecular formula is C30H35F2N5O3SSi. The van der Waals surface area contributed by atoms with E-state index in [1.807, 2.05) is 0 Å². The molecular weight excluding hydrogens is 577 g/mol. The Balaban J connectivity index is 1.64. The van der Waals surface area contributed by atoms with Crippen molar-refractivity contribution in [2.45, 2.75) is 51.3 Å². The number of benzene rings is 2. The van der Waals surface area contributed by atoms with Crippen molar-refractivity contribution in [3.8, 4) is 23.6 Å². The minimum absolute atomic E-state index is 0.0707. The quantitative estimate of drug-likeness (QED) is 0.149. The standard InChI is InChI=1S/C30H35F2N5O3SSi/c1-6-20-10-11-22-23(18-20)27(26-24(31)8-7-9-25(26)32)34-29-28(22)35-37(19-40-16-17-42(3,4)5)30(29)33-21-12-14-36(15-13-21)41(2,38)39/h1,7-11,18,21,33H,12-17,19H2,2-5H3. The average molecular weight is 612 g/mol. The number of piperidine rings is 1. The van der Waals surface area contributed by atoms with Crippen LogP contribution in [0.2, 0.25) is 25.7 Å². The smallest absolute Gasteiger partial charge is 0.211 e. The number of aromatic nitrogens is 3. The summed E-state index contributed by atoms with van der Waals surface area (Å²) in [5.41, 5.74) is 1.41. The third-order valence-electron chi connectivity index (χ3n) is 7.52. The molecule has 4 aromatic rings. The Bertz CT molecular complexity index is 1770. The maximum atomic E-state index is 15.1. The van der Waals surface area contributed by atoms with E-state index >= 15 is 8.78 Å². The van der Waals surface area contributed by atoms with Gasteiger partial charge >= 0.3 is 0 Å². The molecule has 0 aliphatic carbocycles. The summed E-state index contributed by atoms with van der Waals surface area (Å²) in [6.07, 6.45) is 8.03. The van der Waals surface area contributed by atoms with Gasteiger partial charge in [-0.1, -0.05) is 37.7 Å². The molecule has 222 valence electrons. The summed E-state index contributed by atoms with van der Waals surface area (Å²) in [5, 5.41) is 9.52. The summed E-state index contributed by atoms with van der Waals surface area (Å²) >= 11 is 0. The van der Waals surface area contributed by atoms with Crippen molar-refractivity contribution in [1.82, 2.24) is 19.1 Å². The van der Waals surface area contributed by atoms with Gasteiger partial charge in [-0.05, 0) is 43.2 Å². The molecule has 0 spiro atoms. The van der Waals surface area contributed by atoms with Gasteiger partial charge in [-0.25, -0.2) is 31.2 Å². The minimum Gasteiger partial charge on any atom is -0.366 e. The van der Waals surface area contributed by atoms with Gasteiger partial charge in [0.1, 0.15) is 29.4 Å². The average Bonchev–Trinajstić information content (AvgIpc) is 3.27. The van der Waals surface area contributed by atoms with Crippen LogP contribution < -0.4 is 5.32 Å². The van der Waals surface area contributed by atoms with Crippen molar-refractivity contribution in [2.75, 3.05) is 31.3 Å². The molecule has 5 rings (SSSR count). The molecule has 12 heteroatoms. The van der Waals surface area contributed by atoms with Crippen LogP contribution in [0.4, 0.5) is 14.6 Å². The molecule has 2 aromatic heterocycles. The second-order valence-corrected chi connectivity index (χ2v) is 19.5. The number of rotatable bonds is 9. The SMILES string of the molecule is C#Cc1ccc2c(c1)c(-c1c(F)cccc1F)nc1c(NC3CCN(S(C)(=O)=O)CC3)n(COCC[Si](C)(C)C)nc12. The molecule has 1 saturated heterocycles. The summed E-state index contributed by atoms with van der Waals surface area (Å²) in [7, 11) is -4.60. The second kappa shape index (κ2) is 11.7. The normalized spacial score (nSPS) is 15.4. The Morgan fingerprint density at radius 3 is 2.40 bits per heavy atom. The monoisotopic (exact) mass is 611 g/mol. The Hall–Kier alpha value is -3.37. The number of nitrogens with one attached hydrogen (secondary N) is 1. The van der Waals surface area contributed by atoms with E-state index in [0.717, 1.165) is 6.04 Å². The number of hydrogen-bond acceptors (Lipinski definition) is 6. The van der Waals surface area contributed by atoms with Crippen LogP contribution in [0.1, 0.15) is 18.4 Å². The molecule has 2 aromatic carbocycles. The van der Waals surface area contributed by atoms with E-state index in [-0.39, 0.29) is 24.0 Å². The zero-order chi connectivity index (χ0) is 30.2. The highest BCUT2D eigenvalue weighted by Gasteiger charge is 2.28. The third kappa shape index (κ3) is 6.34. The number of ether oxygens (including phenoxy) is 1. The van der Waals surface area contributed by atoms with Crippen LogP contribution in [0.5, 0.6) is 0 Å². The Kier molecular flexibility index (Phi) is 8.40. The first-order valence-corrected chi connectivity index (χ1v) is 19.5. The lowest BCUT2D eigenvalue weighted by Crippen LogP contribution is -2.42. The van der Waals surface area contributed by atoms with Crippen molar-refractivity contribution < 1.29 is 21.9 Å². The number of hydrogen-bond donors (Lipinski definition) is 1. The molecule has 42 heavy (non-hydrogen) atoms. The van der Waals surface area contributed by atoms with Crippen molar-refractivity contribution >= 4 is 45.7 Å². The molecule has 1 fully saturated rings. The topological polar surface area (TPSA) is 89.4 Å². The van der Waals surface area contributed by atoms with E-state index < -0.39 is 29.7 Å². The van der Waals surface area contributed by atoms with Crippen LogP contribution >= 0.6 is 0 Å². The lowest BCUT2D eigenvalue weighted by atomic mass is 9.99. The van der Waals surface area contributed by atoms with E-state index in [4.69, 9.17) is 21.2 Å². The van der Waals surface area contributed by atoms with Gasteiger partial charge in [0.25, 0.3) is 0 Å². The van der Waals surface area contributed by atoms with Crippen LogP contribution in [0.25, 0.3) is 33.1 Å². The molecule has 0 amide bonds. The summed E-state index contributed by atoms with van der Waals surface area (Å²) in [5.74, 6) is 1.67. The second-order valence-electron chi connectivity index (χ2n) is 11.9. The first-order valence-electron chi connectivity index (χ1n) is 13.9. The van der Waals surface area contributed by atoms with Crippen LogP contribution in [-0.4, -0.2) is 67.6 Å². The van der Waals surface area contributed by atoms with Gasteiger partial charge in [-0.2, -0.15) is 5.10 Å². The zero-order valence-corrected chi connectivity index (χ0v) is 26.1. The van der Waals surface area contributed by atoms with Gasteiger partial charge in [0.2, 0.25) is 10.0 Å². The van der Waals surface area contributed by atoms with E-state index in [9.17, 15) is 8.42 Å². The lowest BCUT2D eigenvalue weighted by molar-refractivity contribution is 0.0803. The van der Waals surface area contributed by atoms with Crippen LogP contribution in [0, 0.1) is 24.0 Å². The molecule has 0 unspecified atom stereocenters. The molecule has 3 heterocycles. The molecule has 1 aliphatic rings. The van der Waals surface area contributed by atoms with E-state index in [1.165, 1.54) is 28.8 Å². The Morgan fingerprint density at radius 1 is 1.10 bits per heavy atom. The molecule has 1 aliphatic heterocycles. The fourth-order valence-corrected chi connectivity index (χ4v) is 6.78. The van der Waals surface area contributed by atoms with Gasteiger partial charge in [0.05, 0.1) is 17.5 Å². The van der Waals surface area contributed by atoms with Crippen LogP contribution in [0.15, 0.2) is 36.4 Å². The van der Waals surface area contributed by atoms with Crippen LogP contribution in [0.3, 0.4) is 0 Å². The summed E-state index contributed by atoms with van der Waals surface area (Å²) < 4.78 is 63.6. The first-order chi connectivity index (χ1) is 19.9. The Morgan fingerprint density at radius 2 is 1.79 bits per heavy atom. The molecule has 0 saturated carbocycles. The lowest BCUT2D eigenvalue weighted by Gasteiger charge is -2.31. The maximum absolute atomic E-state index is 15.1. The highest BCUT2D eigenvalue weighted by molar-refractivity contribution is 7.88. The maximum Gasteiger partial charge on any atom is 0.211 e. The van der Waals surface area contributed by atoms with Crippen molar-refractivity contribution in [1.29, 1.82) is 0 Å². The number of anilines is 1. The van der Waals surface area contributed by atoms with E-state index in [0.29, 0.717) is 65.7 Å². The van der Waals surface area contributed by atoms with Gasteiger partial charge in [-0.3, -0.25) is 0 Å². The molecule has 0 atom stereocenters. The third-order valence-corrected chi connectivity index (χ3v) is 10.5. The largest absolute Gasteiger partial charge is 0.366 e. The minimum atomic E-state index is -3.28. The van der Waals surface area contributed by atoms with E-state index in [1.54, 1.807) is 22.9 Å². The number of sulfonamides is 1. The predicted molar refractivity (Wildman–Crippen MR) is 165 cm³/mol. The molecule has 1 N–H and O–H groups in total. The molecule has 0 radical (unpaired) electrons. The van der Waals surface area contributed by atoms with Gasteiger partial charge in [0, 0.05) is 50.1 Å². The fraction of sp³-hybridized carbons (Fsp3) is 0.400. The molecule has 0 bridgehead atoms. The summed E-state index contributed by atoms with van der Waals surface area (Å²) in [6.45, 7) is 8.31. The Labute approximate surface area is 246 Å². The van der Waals surface area contributed by atoms with Crippen molar-refractivity contribution in [2.24, 2.45) is 0 Å². The van der Waals surface area contributed by atoms with Gasteiger partial charge < -0.3 is 10.1 Å². The predicted octanol–water partition coefficient (Wildman–Crippen LogP) is 5.66. The van der Waals surface area contributed by atoms with Crippen LogP contribution in [-0.2, 0) is 21.5 Å². The zero-order valence-electron chi connectivity index (χ0n) is 24.2. The number of terminal acetylenes is 1. The van der Waals surface area contributed by atoms with Gasteiger partial charge in [0.15, 0.2) is 5.82 Å². The first kappa shape index (κ1) is 30.1. The van der Waals surface area contributed by atoms with Crippen molar-refractivity contribution in [3.05, 3.63) is 53.6 Å². The summed E-state index contributed by atoms with van der Waals surface area (Å²) in [4.78, 5) is 4.83. The highest BCUT2D eigenvalue weighted by Crippen LogP contribution is 2.38. The summed E-state index contributed by atoms with van der Waals surface area (Å²) in [6, 6.07) is 9.88. The number of pyridine rings is 1. The number of halogens is 2. The fourth-order valence-electron chi connectivity index (χ4n) is 5.15.